The van der Waals surface area contributed by atoms with Gasteiger partial charge in [0, 0.05) is 5.69 Å². The maximum Gasteiger partial charge on any atom is 0.327 e. The number of nitrogens with zero attached hydrogens (tertiary/aromatic N) is 1. The van der Waals surface area contributed by atoms with E-state index in [1.807, 2.05) is 66.7 Å². The molecule has 0 saturated carbocycles. The number of benzene rings is 3. The van der Waals surface area contributed by atoms with Gasteiger partial charge in [-0.2, -0.15) is 0 Å². The number of ether oxygens (including phenoxy) is 1. The number of imide groups is 1. The Balaban J connectivity index is 1.31. The van der Waals surface area contributed by atoms with Crippen LogP contribution in [0, 0.1) is 0 Å². The first-order valence-corrected chi connectivity index (χ1v) is 11.4. The summed E-state index contributed by atoms with van der Waals surface area (Å²) in [7, 11) is 0. The van der Waals surface area contributed by atoms with Crippen molar-refractivity contribution >= 4 is 40.3 Å². The van der Waals surface area contributed by atoms with E-state index in [9.17, 15) is 19.2 Å². The summed E-state index contributed by atoms with van der Waals surface area (Å²) in [6.45, 7) is 2.50. The molecule has 1 fully saturated rings. The number of hydrogen-bond donors (Lipinski definition) is 2. The Labute approximate surface area is 203 Å². The molecule has 1 saturated heterocycles. The summed E-state index contributed by atoms with van der Waals surface area (Å²) in [4.78, 5) is 51.1. The topological polar surface area (TPSA) is 105 Å². The highest BCUT2D eigenvalue weighted by atomic mass is 16.5. The summed E-state index contributed by atoms with van der Waals surface area (Å²) in [5.74, 6) is -1.86. The molecule has 0 radical (unpaired) electrons. The number of urea groups is 1. The number of amides is 4. The van der Waals surface area contributed by atoms with E-state index in [1.165, 1.54) is 6.92 Å². The van der Waals surface area contributed by atoms with Gasteiger partial charge in [0.1, 0.15) is 12.1 Å². The lowest BCUT2D eigenvalue weighted by atomic mass is 9.93. The quantitative estimate of drug-likeness (QED) is 0.384. The maximum absolute atomic E-state index is 12.9. The molecule has 3 aromatic rings. The molecule has 1 aliphatic heterocycles. The van der Waals surface area contributed by atoms with Gasteiger partial charge in [-0.15, -0.1) is 0 Å². The average Bonchev–Trinajstić information content (AvgIpc) is 3.06. The molecule has 0 aliphatic carbocycles. The summed E-state index contributed by atoms with van der Waals surface area (Å²) >= 11 is 0. The third-order valence-electron chi connectivity index (χ3n) is 6.08. The van der Waals surface area contributed by atoms with Gasteiger partial charge in [0.2, 0.25) is 0 Å². The molecule has 0 unspecified atom stereocenters. The largest absolute Gasteiger partial charge is 0.451 e. The maximum atomic E-state index is 12.9. The van der Waals surface area contributed by atoms with E-state index in [4.69, 9.17) is 4.74 Å². The van der Waals surface area contributed by atoms with Crippen LogP contribution in [0.15, 0.2) is 72.8 Å². The fourth-order valence-electron chi connectivity index (χ4n) is 4.03. The Kier molecular flexibility index (Phi) is 6.82. The molecule has 4 amide bonds. The van der Waals surface area contributed by atoms with Gasteiger partial charge in [-0.3, -0.25) is 19.3 Å². The first-order valence-electron chi connectivity index (χ1n) is 11.4. The lowest BCUT2D eigenvalue weighted by Crippen LogP contribution is -2.45. The average molecular weight is 474 g/mol. The van der Waals surface area contributed by atoms with E-state index in [0.717, 1.165) is 21.2 Å². The van der Waals surface area contributed by atoms with Gasteiger partial charge in [-0.25, -0.2) is 4.79 Å². The molecule has 180 valence electrons. The minimum absolute atomic E-state index is 0.387. The summed E-state index contributed by atoms with van der Waals surface area (Å²) in [6, 6.07) is 22.2. The van der Waals surface area contributed by atoms with E-state index in [0.29, 0.717) is 18.5 Å². The zero-order chi connectivity index (χ0) is 25.0. The van der Waals surface area contributed by atoms with Crippen molar-refractivity contribution < 1.29 is 23.9 Å². The van der Waals surface area contributed by atoms with E-state index in [1.54, 1.807) is 13.0 Å². The van der Waals surface area contributed by atoms with Crippen LogP contribution >= 0.6 is 0 Å². The third-order valence-corrected chi connectivity index (χ3v) is 6.08. The van der Waals surface area contributed by atoms with Crippen molar-refractivity contribution in [3.8, 4) is 0 Å². The molecule has 8 nitrogen and oxygen atoms in total. The Morgan fingerprint density at radius 1 is 1.00 bits per heavy atom. The fraction of sp³-hybridized carbons (Fsp3) is 0.259. The number of esters is 1. The smallest absolute Gasteiger partial charge is 0.327 e. The standard InChI is InChI=1S/C27H27N3O5/c1-18(24(32)28-22-13-12-20-10-6-7-11-21(20)16-22)35-23(31)17-30-25(33)27(2,29-26(30)34)15-14-19-8-4-3-5-9-19/h3-13,16,18H,14-15,17H2,1-2H3,(H,28,32)(H,29,34)/t18-,27-/m1/s1. The molecule has 1 heterocycles. The predicted molar refractivity (Wildman–Crippen MR) is 132 cm³/mol. The molecular formula is C27H27N3O5. The Morgan fingerprint density at radius 2 is 1.69 bits per heavy atom. The van der Waals surface area contributed by atoms with Crippen LogP contribution in [-0.2, 0) is 25.5 Å². The third kappa shape index (κ3) is 5.48. The second-order valence-electron chi connectivity index (χ2n) is 8.82. The van der Waals surface area contributed by atoms with Crippen molar-refractivity contribution in [2.24, 2.45) is 0 Å². The van der Waals surface area contributed by atoms with Crippen molar-refractivity contribution in [2.75, 3.05) is 11.9 Å². The first kappa shape index (κ1) is 23.9. The van der Waals surface area contributed by atoms with Crippen molar-refractivity contribution in [3.05, 3.63) is 78.4 Å². The second kappa shape index (κ2) is 9.97. The van der Waals surface area contributed by atoms with Gasteiger partial charge in [0.05, 0.1) is 0 Å². The van der Waals surface area contributed by atoms with Crippen molar-refractivity contribution in [2.45, 2.75) is 38.3 Å². The van der Waals surface area contributed by atoms with Gasteiger partial charge >= 0.3 is 12.0 Å². The fourth-order valence-corrected chi connectivity index (χ4v) is 4.03. The number of anilines is 1. The predicted octanol–water partition coefficient (Wildman–Crippen LogP) is 3.65. The van der Waals surface area contributed by atoms with Gasteiger partial charge in [-0.1, -0.05) is 60.7 Å². The molecule has 2 N–H and O–H groups in total. The van der Waals surface area contributed by atoms with Crippen LogP contribution in [0.2, 0.25) is 0 Å². The van der Waals surface area contributed by atoms with Crippen LogP contribution in [0.1, 0.15) is 25.8 Å². The highest BCUT2D eigenvalue weighted by molar-refractivity contribution is 6.08. The molecule has 4 rings (SSSR count). The molecule has 35 heavy (non-hydrogen) atoms. The first-order chi connectivity index (χ1) is 16.7. The van der Waals surface area contributed by atoms with Crippen LogP contribution in [0.5, 0.6) is 0 Å². The summed E-state index contributed by atoms with van der Waals surface area (Å²) in [5, 5.41) is 7.40. The number of hydrogen-bond acceptors (Lipinski definition) is 5. The number of rotatable bonds is 8. The normalized spacial score (nSPS) is 18.3. The van der Waals surface area contributed by atoms with Crippen LogP contribution < -0.4 is 10.6 Å². The highest BCUT2D eigenvalue weighted by Crippen LogP contribution is 2.23. The Morgan fingerprint density at radius 3 is 2.43 bits per heavy atom. The summed E-state index contributed by atoms with van der Waals surface area (Å²) < 4.78 is 5.20. The van der Waals surface area contributed by atoms with Crippen molar-refractivity contribution in [3.63, 3.8) is 0 Å². The lowest BCUT2D eigenvalue weighted by Gasteiger charge is -2.21. The SMILES string of the molecule is C[C@@H](OC(=O)CN1C(=O)N[C@](C)(CCc2ccccc2)C1=O)C(=O)Nc1ccc2ccccc2c1. The molecule has 8 heteroatoms. The van der Waals surface area contributed by atoms with Gasteiger partial charge < -0.3 is 15.4 Å². The molecule has 0 bridgehead atoms. The summed E-state index contributed by atoms with van der Waals surface area (Å²) in [5.41, 5.74) is 0.492. The molecule has 0 spiro atoms. The van der Waals surface area contributed by atoms with Crippen molar-refractivity contribution in [1.82, 2.24) is 10.2 Å². The zero-order valence-electron chi connectivity index (χ0n) is 19.6. The molecule has 3 aromatic carbocycles. The van der Waals surface area contributed by atoms with Crippen LogP contribution in [0.4, 0.5) is 10.5 Å². The van der Waals surface area contributed by atoms with E-state index in [-0.39, 0.29) is 0 Å². The van der Waals surface area contributed by atoms with E-state index >= 15 is 0 Å². The second-order valence-corrected chi connectivity index (χ2v) is 8.82. The molecule has 2 atom stereocenters. The van der Waals surface area contributed by atoms with E-state index < -0.39 is 42.0 Å². The number of carbonyl (C=O) groups excluding carboxylic acids is 4. The summed E-state index contributed by atoms with van der Waals surface area (Å²) in [6.07, 6.45) is -0.134. The van der Waals surface area contributed by atoms with Crippen LogP contribution in [0.3, 0.4) is 0 Å². The van der Waals surface area contributed by atoms with Crippen LogP contribution in [-0.4, -0.2) is 46.9 Å². The van der Waals surface area contributed by atoms with Gasteiger partial charge in [0.25, 0.3) is 11.8 Å². The molecule has 1 aliphatic rings. The minimum atomic E-state index is -1.12. The number of nitrogens with one attached hydrogen (secondary N) is 2. The minimum Gasteiger partial charge on any atom is -0.451 e. The van der Waals surface area contributed by atoms with Gasteiger partial charge in [0.15, 0.2) is 6.10 Å². The Hall–Kier alpha value is -4.20. The molecule has 0 aromatic heterocycles. The lowest BCUT2D eigenvalue weighted by molar-refractivity contribution is -0.155. The van der Waals surface area contributed by atoms with E-state index in [2.05, 4.69) is 10.6 Å². The Bertz CT molecular complexity index is 1280. The number of carbonyl (C=O) groups is 4. The highest BCUT2D eigenvalue weighted by Gasteiger charge is 2.48. The number of aryl methyl sites for hydroxylation is 1. The zero-order valence-corrected chi connectivity index (χ0v) is 19.6. The van der Waals surface area contributed by atoms with Crippen molar-refractivity contribution in [1.29, 1.82) is 0 Å². The molecular weight excluding hydrogens is 446 g/mol. The monoisotopic (exact) mass is 473 g/mol. The van der Waals surface area contributed by atoms with Crippen LogP contribution in [0.25, 0.3) is 10.8 Å². The van der Waals surface area contributed by atoms with Gasteiger partial charge in [-0.05, 0) is 55.2 Å². The number of fused-ring (bicyclic) bond motifs is 1.